The average Bonchev–Trinajstić information content (AvgIpc) is 2.62. The van der Waals surface area contributed by atoms with Gasteiger partial charge in [-0.3, -0.25) is 9.52 Å². The van der Waals surface area contributed by atoms with Gasteiger partial charge in [0.15, 0.2) is 5.75 Å². The van der Waals surface area contributed by atoms with Crippen LogP contribution in [0, 0.1) is 0 Å². The molecule has 2 rings (SSSR count). The summed E-state index contributed by atoms with van der Waals surface area (Å²) >= 11 is 3.09. The molecule has 0 aromatic heterocycles. The summed E-state index contributed by atoms with van der Waals surface area (Å²) in [6.07, 6.45) is -4.83. The van der Waals surface area contributed by atoms with Crippen molar-refractivity contribution in [2.45, 2.75) is 24.1 Å². The zero-order valence-electron chi connectivity index (χ0n) is 15.4. The van der Waals surface area contributed by atoms with Crippen LogP contribution in [-0.4, -0.2) is 42.6 Å². The van der Waals surface area contributed by atoms with Gasteiger partial charge in [-0.25, -0.2) is 8.42 Å². The molecule has 0 fully saturated rings. The summed E-state index contributed by atoms with van der Waals surface area (Å²) in [4.78, 5) is 10.8. The van der Waals surface area contributed by atoms with Gasteiger partial charge in [-0.15, -0.1) is 13.2 Å². The van der Waals surface area contributed by atoms with Crippen molar-refractivity contribution in [3.05, 3.63) is 39.9 Å². The number of phenolic OH excluding ortho intramolecular Hbond substituents is 1. The topological polar surface area (TPSA) is 159 Å². The van der Waals surface area contributed by atoms with E-state index in [2.05, 4.69) is 20.7 Å². The number of hydrogen-bond donors (Lipinski definition) is 5. The Morgan fingerprint density at radius 3 is 2.35 bits per heavy atom. The summed E-state index contributed by atoms with van der Waals surface area (Å²) in [6.45, 7) is -0.220. The van der Waals surface area contributed by atoms with Crippen LogP contribution in [0.4, 0.5) is 18.9 Å². The molecule has 0 aliphatic carbocycles. The maximum absolute atomic E-state index is 12.8. The second-order valence-electron chi connectivity index (χ2n) is 6.12. The van der Waals surface area contributed by atoms with E-state index in [0.717, 1.165) is 6.07 Å². The van der Waals surface area contributed by atoms with Crippen LogP contribution in [0.25, 0.3) is 0 Å². The van der Waals surface area contributed by atoms with Gasteiger partial charge < -0.3 is 25.8 Å². The molecule has 0 radical (unpaired) electrons. The Labute approximate surface area is 182 Å². The number of amides is 1. The molecule has 31 heavy (non-hydrogen) atoms. The Hall–Kier alpha value is -2.71. The van der Waals surface area contributed by atoms with Gasteiger partial charge >= 0.3 is 6.36 Å². The molecule has 170 valence electrons. The van der Waals surface area contributed by atoms with E-state index in [-0.39, 0.29) is 29.5 Å². The first-order valence-electron chi connectivity index (χ1n) is 8.32. The number of sulfonamides is 1. The van der Waals surface area contributed by atoms with Crippen molar-refractivity contribution in [2.24, 2.45) is 5.73 Å². The number of carbonyl (C=O) groups excluding carboxylic acids is 1. The number of anilines is 1. The molecule has 0 aliphatic heterocycles. The third kappa shape index (κ3) is 6.15. The minimum absolute atomic E-state index is 0.121. The van der Waals surface area contributed by atoms with Crippen LogP contribution < -0.4 is 15.2 Å². The van der Waals surface area contributed by atoms with E-state index < -0.39 is 55.7 Å². The van der Waals surface area contributed by atoms with E-state index in [9.17, 15) is 36.6 Å². The van der Waals surface area contributed by atoms with Gasteiger partial charge in [-0.2, -0.15) is 0 Å². The molecule has 2 aromatic rings. The minimum Gasteiger partial charge on any atom is -0.506 e. The summed E-state index contributed by atoms with van der Waals surface area (Å²) in [7, 11) is -4.68. The number of benzene rings is 2. The van der Waals surface area contributed by atoms with Crippen molar-refractivity contribution in [3.8, 4) is 17.2 Å². The number of halogens is 4. The Morgan fingerprint density at radius 2 is 1.81 bits per heavy atom. The van der Waals surface area contributed by atoms with Crippen molar-refractivity contribution in [2.75, 3.05) is 11.3 Å². The number of hydrogen-bond acceptors (Lipinski definition) is 7. The number of rotatable bonds is 8. The maximum atomic E-state index is 12.8. The molecule has 0 aliphatic rings. The Bertz CT molecular complexity index is 1110. The maximum Gasteiger partial charge on any atom is 0.573 e. The van der Waals surface area contributed by atoms with Crippen LogP contribution in [-0.2, 0) is 16.4 Å². The molecule has 0 saturated carbocycles. The highest BCUT2D eigenvalue weighted by Crippen LogP contribution is 2.38. The fourth-order valence-electron chi connectivity index (χ4n) is 2.56. The van der Waals surface area contributed by atoms with Crippen LogP contribution in [0.1, 0.15) is 22.3 Å². The van der Waals surface area contributed by atoms with Gasteiger partial charge in [-0.1, -0.05) is 15.9 Å². The number of nitrogens with one attached hydrogen (secondary N) is 1. The van der Waals surface area contributed by atoms with Gasteiger partial charge in [0.05, 0.1) is 11.3 Å². The Morgan fingerprint density at radius 1 is 1.16 bits per heavy atom. The number of phenols is 2. The summed E-state index contributed by atoms with van der Waals surface area (Å²) < 4.78 is 69.0. The van der Waals surface area contributed by atoms with Crippen LogP contribution in [0.2, 0.25) is 0 Å². The molecule has 0 heterocycles. The first kappa shape index (κ1) is 24.6. The highest BCUT2D eigenvalue weighted by Gasteiger charge is 2.33. The minimum atomic E-state index is -5.17. The number of aliphatic hydroxyl groups excluding tert-OH is 1. The zero-order chi connectivity index (χ0) is 23.6. The van der Waals surface area contributed by atoms with Crippen LogP contribution in [0.3, 0.4) is 0 Å². The second-order valence-corrected chi connectivity index (χ2v) is 8.69. The third-order valence-corrected chi connectivity index (χ3v) is 5.68. The van der Waals surface area contributed by atoms with E-state index in [1.165, 1.54) is 6.07 Å². The molecule has 9 nitrogen and oxygen atoms in total. The van der Waals surface area contributed by atoms with E-state index in [4.69, 9.17) is 10.8 Å². The lowest BCUT2D eigenvalue weighted by atomic mass is 10.1. The number of nitrogens with two attached hydrogens (primary N) is 1. The van der Waals surface area contributed by atoms with Crippen molar-refractivity contribution in [1.29, 1.82) is 0 Å². The summed E-state index contributed by atoms with van der Waals surface area (Å²) in [5.74, 6) is -4.07. The number of alkyl halides is 3. The first-order valence-corrected chi connectivity index (χ1v) is 10.6. The molecular weight excluding hydrogens is 513 g/mol. The van der Waals surface area contributed by atoms with Gasteiger partial charge in [0.2, 0.25) is 0 Å². The number of aliphatic hydroxyl groups is 1. The normalized spacial score (nSPS) is 11.9. The summed E-state index contributed by atoms with van der Waals surface area (Å²) in [5.41, 5.74) is 3.52. The molecular formula is C17H16BrF3N2O7S. The number of primary amides is 1. The lowest BCUT2D eigenvalue weighted by molar-refractivity contribution is -0.274. The first-order chi connectivity index (χ1) is 14.2. The molecule has 0 spiro atoms. The van der Waals surface area contributed by atoms with E-state index >= 15 is 0 Å². The van der Waals surface area contributed by atoms with Gasteiger partial charge in [0, 0.05) is 17.1 Å². The van der Waals surface area contributed by atoms with E-state index in [1.807, 2.05) is 4.72 Å². The molecule has 1 amide bonds. The monoisotopic (exact) mass is 528 g/mol. The van der Waals surface area contributed by atoms with Crippen molar-refractivity contribution >= 4 is 37.5 Å². The van der Waals surface area contributed by atoms with Crippen LogP contribution in [0.5, 0.6) is 17.2 Å². The molecule has 0 bridgehead atoms. The fraction of sp³-hybridized carbons (Fsp3) is 0.235. The largest absolute Gasteiger partial charge is 0.573 e. The number of aromatic hydroxyl groups is 2. The van der Waals surface area contributed by atoms with Crippen molar-refractivity contribution in [1.82, 2.24) is 0 Å². The standard InChI is InChI=1S/C17H16BrF3N2O7S/c18-9-4-8(2-1-3-24)14(25)13(5-9)31(28,29)23-12-7-10(30-17(19,20)21)6-11(15(12)26)16(22)27/h4-7,23-26H,1-3H2,(H2,22,27). The molecule has 0 unspecified atom stereocenters. The third-order valence-electron chi connectivity index (χ3n) is 3.84. The predicted octanol–water partition coefficient (Wildman–Crippen LogP) is 2.58. The van der Waals surface area contributed by atoms with E-state index in [1.54, 1.807) is 0 Å². The van der Waals surface area contributed by atoms with Crippen molar-refractivity contribution in [3.63, 3.8) is 0 Å². The lowest BCUT2D eigenvalue weighted by Gasteiger charge is -2.16. The van der Waals surface area contributed by atoms with Crippen LogP contribution in [0.15, 0.2) is 33.6 Å². The highest BCUT2D eigenvalue weighted by atomic mass is 79.9. The Balaban J connectivity index is 2.57. The van der Waals surface area contributed by atoms with E-state index in [0.29, 0.717) is 12.1 Å². The van der Waals surface area contributed by atoms with Gasteiger partial charge in [0.25, 0.3) is 15.9 Å². The average molecular weight is 529 g/mol. The number of aryl methyl sites for hydroxylation is 1. The summed E-state index contributed by atoms with van der Waals surface area (Å²) in [5, 5.41) is 29.4. The van der Waals surface area contributed by atoms with Gasteiger partial charge in [0.1, 0.15) is 16.4 Å². The SMILES string of the molecule is NC(=O)c1cc(OC(F)(F)F)cc(NS(=O)(=O)c2cc(Br)cc(CCCO)c2O)c1O. The highest BCUT2D eigenvalue weighted by molar-refractivity contribution is 9.10. The van der Waals surface area contributed by atoms with Gasteiger partial charge in [-0.05, 0) is 36.6 Å². The van der Waals surface area contributed by atoms with Crippen molar-refractivity contribution < 1.29 is 46.4 Å². The molecule has 2 aromatic carbocycles. The molecule has 0 saturated heterocycles. The second kappa shape index (κ2) is 9.20. The number of ether oxygens (including phenoxy) is 1. The zero-order valence-corrected chi connectivity index (χ0v) is 17.8. The molecule has 6 N–H and O–H groups in total. The summed E-state index contributed by atoms with van der Waals surface area (Å²) in [6, 6.07) is 3.42. The molecule has 14 heteroatoms. The quantitative estimate of drug-likeness (QED) is 0.329. The smallest absolute Gasteiger partial charge is 0.506 e. The number of carbonyl (C=O) groups is 1. The molecule has 0 atom stereocenters. The van der Waals surface area contributed by atoms with Crippen LogP contribution >= 0.6 is 15.9 Å². The fourth-order valence-corrected chi connectivity index (χ4v) is 4.44. The lowest BCUT2D eigenvalue weighted by Crippen LogP contribution is -2.20. The predicted molar refractivity (Wildman–Crippen MR) is 105 cm³/mol. The Kier molecular flexibility index (Phi) is 7.28.